The second-order valence-corrected chi connectivity index (χ2v) is 7.49. The van der Waals surface area contributed by atoms with Crippen LogP contribution in [0.1, 0.15) is 26.3 Å². The quantitative estimate of drug-likeness (QED) is 0.897. The second-order valence-electron chi connectivity index (χ2n) is 7.49. The van der Waals surface area contributed by atoms with E-state index in [2.05, 4.69) is 47.2 Å². The lowest BCUT2D eigenvalue weighted by Gasteiger charge is -2.22. The maximum atomic E-state index is 12.2. The van der Waals surface area contributed by atoms with Crippen LogP contribution in [0.5, 0.6) is 0 Å². The van der Waals surface area contributed by atoms with Gasteiger partial charge in [-0.3, -0.25) is 9.78 Å². The molecule has 1 aromatic carbocycles. The van der Waals surface area contributed by atoms with Gasteiger partial charge in [0.2, 0.25) is 5.91 Å². The number of nitrogens with one attached hydrogen (secondary N) is 1. The molecule has 134 valence electrons. The SMILES string of the molecule is Cc1ccc(N2C[C@@H](C)[C@@H](NC(=O)C(O)C(C)C)C2)c2cccnc12. The summed E-state index contributed by atoms with van der Waals surface area (Å²) in [5.41, 5.74) is 3.34. The Bertz CT molecular complexity index is 775. The van der Waals surface area contributed by atoms with Gasteiger partial charge in [-0.1, -0.05) is 26.8 Å². The largest absolute Gasteiger partial charge is 0.383 e. The van der Waals surface area contributed by atoms with E-state index >= 15 is 0 Å². The van der Waals surface area contributed by atoms with Crippen LogP contribution in [-0.2, 0) is 4.79 Å². The van der Waals surface area contributed by atoms with Gasteiger partial charge in [0.1, 0.15) is 6.10 Å². The van der Waals surface area contributed by atoms with Crippen molar-refractivity contribution in [2.24, 2.45) is 11.8 Å². The van der Waals surface area contributed by atoms with Crippen LogP contribution in [0.25, 0.3) is 10.9 Å². The molecule has 0 aliphatic carbocycles. The Labute approximate surface area is 149 Å². The molecule has 1 aliphatic heterocycles. The normalized spacial score (nSPS) is 21.8. The molecule has 2 aromatic rings. The molecule has 1 fully saturated rings. The molecule has 5 heteroatoms. The van der Waals surface area contributed by atoms with Crippen molar-refractivity contribution in [1.29, 1.82) is 0 Å². The fourth-order valence-electron chi connectivity index (χ4n) is 3.50. The number of carbonyl (C=O) groups excluding carboxylic acids is 1. The predicted octanol–water partition coefficient (Wildman–Crippen LogP) is 2.50. The van der Waals surface area contributed by atoms with Gasteiger partial charge in [-0.2, -0.15) is 0 Å². The lowest BCUT2D eigenvalue weighted by Crippen LogP contribution is -2.46. The molecule has 1 aliphatic rings. The van der Waals surface area contributed by atoms with Gasteiger partial charge in [0.05, 0.1) is 11.6 Å². The highest BCUT2D eigenvalue weighted by atomic mass is 16.3. The molecule has 0 radical (unpaired) electrons. The molecule has 1 amide bonds. The third-order valence-corrected chi connectivity index (χ3v) is 5.13. The smallest absolute Gasteiger partial charge is 0.249 e. The highest BCUT2D eigenvalue weighted by molar-refractivity contribution is 5.94. The standard InChI is InChI=1S/C20H27N3O2/c1-12(2)19(24)20(25)22-16-11-23(10-14(16)4)17-8-7-13(3)18-15(17)6-5-9-21-18/h5-9,12,14,16,19,24H,10-11H2,1-4H3,(H,22,25)/t14-,16+,19?/m1/s1. The van der Waals surface area contributed by atoms with E-state index in [0.29, 0.717) is 5.92 Å². The Hall–Kier alpha value is -2.14. The summed E-state index contributed by atoms with van der Waals surface area (Å²) in [7, 11) is 0. The summed E-state index contributed by atoms with van der Waals surface area (Å²) in [5.74, 6) is -0.0413. The summed E-state index contributed by atoms with van der Waals surface area (Å²) in [6.45, 7) is 9.52. The number of aryl methyl sites for hydroxylation is 1. The summed E-state index contributed by atoms with van der Waals surface area (Å²) in [4.78, 5) is 19.0. The maximum Gasteiger partial charge on any atom is 0.249 e. The first kappa shape index (κ1) is 17.7. The number of fused-ring (bicyclic) bond motifs is 1. The number of rotatable bonds is 4. The van der Waals surface area contributed by atoms with E-state index in [1.165, 1.54) is 0 Å². The first-order valence-electron chi connectivity index (χ1n) is 8.96. The topological polar surface area (TPSA) is 65.5 Å². The molecular weight excluding hydrogens is 314 g/mol. The molecule has 2 N–H and O–H groups in total. The van der Waals surface area contributed by atoms with Gasteiger partial charge < -0.3 is 15.3 Å². The molecule has 0 bridgehead atoms. The molecular formula is C20H27N3O2. The van der Waals surface area contributed by atoms with E-state index in [4.69, 9.17) is 0 Å². The van der Waals surface area contributed by atoms with Gasteiger partial charge in [-0.25, -0.2) is 0 Å². The summed E-state index contributed by atoms with van der Waals surface area (Å²) in [5, 5.41) is 14.1. The van der Waals surface area contributed by atoms with Crippen LogP contribution in [-0.4, -0.2) is 41.2 Å². The highest BCUT2D eigenvalue weighted by Crippen LogP contribution is 2.31. The van der Waals surface area contributed by atoms with E-state index in [9.17, 15) is 9.90 Å². The molecule has 1 aromatic heterocycles. The highest BCUT2D eigenvalue weighted by Gasteiger charge is 2.33. The number of carbonyl (C=O) groups is 1. The van der Waals surface area contributed by atoms with E-state index in [-0.39, 0.29) is 17.9 Å². The minimum absolute atomic E-state index is 0.0360. The van der Waals surface area contributed by atoms with Gasteiger partial charge in [0.15, 0.2) is 0 Å². The van der Waals surface area contributed by atoms with E-state index in [1.54, 1.807) is 0 Å². The predicted molar refractivity (Wildman–Crippen MR) is 101 cm³/mol. The van der Waals surface area contributed by atoms with Crippen LogP contribution < -0.4 is 10.2 Å². The molecule has 1 unspecified atom stereocenters. The molecule has 5 nitrogen and oxygen atoms in total. The zero-order chi connectivity index (χ0) is 18.1. The number of pyridine rings is 1. The monoisotopic (exact) mass is 341 g/mol. The molecule has 1 saturated heterocycles. The Morgan fingerprint density at radius 1 is 1.32 bits per heavy atom. The number of aliphatic hydroxyl groups is 1. The zero-order valence-corrected chi connectivity index (χ0v) is 15.4. The van der Waals surface area contributed by atoms with Crippen LogP contribution in [0.2, 0.25) is 0 Å². The summed E-state index contributed by atoms with van der Waals surface area (Å²) >= 11 is 0. The number of amides is 1. The van der Waals surface area contributed by atoms with E-state index in [0.717, 1.165) is 35.2 Å². The average molecular weight is 341 g/mol. The van der Waals surface area contributed by atoms with Crippen LogP contribution in [0.15, 0.2) is 30.5 Å². The Balaban J connectivity index is 1.80. The number of hydrogen-bond donors (Lipinski definition) is 2. The minimum Gasteiger partial charge on any atom is -0.383 e. The number of nitrogens with zero attached hydrogens (tertiary/aromatic N) is 2. The van der Waals surface area contributed by atoms with E-state index < -0.39 is 6.10 Å². The number of aliphatic hydroxyl groups excluding tert-OH is 1. The molecule has 25 heavy (non-hydrogen) atoms. The Kier molecular flexibility index (Phi) is 4.95. The first-order chi connectivity index (χ1) is 11.9. The number of benzene rings is 1. The molecule has 0 saturated carbocycles. The van der Waals surface area contributed by atoms with Crippen LogP contribution >= 0.6 is 0 Å². The Morgan fingerprint density at radius 2 is 2.08 bits per heavy atom. The van der Waals surface area contributed by atoms with Gasteiger partial charge in [0.25, 0.3) is 0 Å². The van der Waals surface area contributed by atoms with Crippen molar-refractivity contribution in [3.63, 3.8) is 0 Å². The van der Waals surface area contributed by atoms with E-state index in [1.807, 2.05) is 26.1 Å². The van der Waals surface area contributed by atoms with Crippen molar-refractivity contribution in [2.75, 3.05) is 18.0 Å². The summed E-state index contributed by atoms with van der Waals surface area (Å²) in [6.07, 6.45) is 0.868. The van der Waals surface area contributed by atoms with Crippen molar-refractivity contribution in [1.82, 2.24) is 10.3 Å². The first-order valence-corrected chi connectivity index (χ1v) is 8.96. The number of anilines is 1. The fourth-order valence-corrected chi connectivity index (χ4v) is 3.50. The summed E-state index contributed by atoms with van der Waals surface area (Å²) < 4.78 is 0. The van der Waals surface area contributed by atoms with Gasteiger partial charge in [0, 0.05) is 30.4 Å². The Morgan fingerprint density at radius 3 is 2.80 bits per heavy atom. The fraction of sp³-hybridized carbons (Fsp3) is 0.500. The lowest BCUT2D eigenvalue weighted by atomic mass is 10.0. The lowest BCUT2D eigenvalue weighted by molar-refractivity contribution is -0.132. The third kappa shape index (κ3) is 3.47. The average Bonchev–Trinajstić information content (AvgIpc) is 2.95. The summed E-state index contributed by atoms with van der Waals surface area (Å²) in [6, 6.07) is 8.34. The van der Waals surface area contributed by atoms with Crippen molar-refractivity contribution in [3.05, 3.63) is 36.0 Å². The zero-order valence-electron chi connectivity index (χ0n) is 15.4. The second kappa shape index (κ2) is 7.00. The minimum atomic E-state index is -0.953. The van der Waals surface area contributed by atoms with Gasteiger partial charge >= 0.3 is 0 Å². The van der Waals surface area contributed by atoms with Crippen molar-refractivity contribution in [3.8, 4) is 0 Å². The molecule has 2 heterocycles. The third-order valence-electron chi connectivity index (χ3n) is 5.13. The molecule has 3 rings (SSSR count). The molecule has 3 atom stereocenters. The van der Waals surface area contributed by atoms with Crippen molar-refractivity contribution in [2.45, 2.75) is 39.8 Å². The number of hydrogen-bond acceptors (Lipinski definition) is 4. The van der Waals surface area contributed by atoms with Gasteiger partial charge in [-0.05, 0) is 42.5 Å². The number of aromatic nitrogens is 1. The van der Waals surface area contributed by atoms with Crippen LogP contribution in [0, 0.1) is 18.8 Å². The van der Waals surface area contributed by atoms with Gasteiger partial charge in [-0.15, -0.1) is 0 Å². The van der Waals surface area contributed by atoms with Crippen LogP contribution in [0.4, 0.5) is 5.69 Å². The molecule has 0 spiro atoms. The maximum absolute atomic E-state index is 12.2. The van der Waals surface area contributed by atoms with Crippen molar-refractivity contribution >= 4 is 22.5 Å². The van der Waals surface area contributed by atoms with Crippen LogP contribution in [0.3, 0.4) is 0 Å². The van der Waals surface area contributed by atoms with Crippen molar-refractivity contribution < 1.29 is 9.90 Å².